The highest BCUT2D eigenvalue weighted by Crippen LogP contribution is 2.36. The Hall–Kier alpha value is -1.79. The fourth-order valence-corrected chi connectivity index (χ4v) is 6.46. The van der Waals surface area contributed by atoms with Gasteiger partial charge in [-0.25, -0.2) is 8.42 Å². The van der Waals surface area contributed by atoms with E-state index in [9.17, 15) is 8.42 Å². The number of aliphatic imine (C=N–C) groups is 1. The topological polar surface area (TPSA) is 49.7 Å². The molecule has 2 aromatic rings. The second-order valence-corrected chi connectivity index (χ2v) is 10.1. The van der Waals surface area contributed by atoms with Crippen molar-refractivity contribution in [1.29, 1.82) is 0 Å². The summed E-state index contributed by atoms with van der Waals surface area (Å²) < 4.78 is 24.3. The van der Waals surface area contributed by atoms with Crippen molar-refractivity contribution in [3.63, 3.8) is 0 Å². The predicted octanol–water partition coefficient (Wildman–Crippen LogP) is 3.58. The van der Waals surface area contributed by atoms with E-state index in [1.807, 2.05) is 18.2 Å². The fraction of sp³-hybridized carbons (Fsp3) is 0.350. The molecule has 2 aliphatic heterocycles. The molecule has 2 heterocycles. The van der Waals surface area contributed by atoms with Crippen LogP contribution < -0.4 is 4.90 Å². The van der Waals surface area contributed by atoms with Gasteiger partial charge in [0.25, 0.3) is 0 Å². The van der Waals surface area contributed by atoms with Gasteiger partial charge in [-0.2, -0.15) is 0 Å². The molecule has 1 saturated heterocycles. The molecule has 26 heavy (non-hydrogen) atoms. The van der Waals surface area contributed by atoms with E-state index in [0.717, 1.165) is 16.6 Å². The molecule has 0 N–H and O–H groups in total. The number of anilines is 1. The van der Waals surface area contributed by atoms with Crippen molar-refractivity contribution >= 4 is 32.5 Å². The van der Waals surface area contributed by atoms with Crippen LogP contribution in [0.25, 0.3) is 0 Å². The molecular formula is C20H22N2O2S2. The summed E-state index contributed by atoms with van der Waals surface area (Å²) >= 11 is 1.69. The molecule has 4 nitrogen and oxygen atoms in total. The molecule has 4 rings (SSSR count). The van der Waals surface area contributed by atoms with Gasteiger partial charge in [-0.3, -0.25) is 4.99 Å². The fourth-order valence-electron chi connectivity index (χ4n) is 3.53. The maximum absolute atomic E-state index is 12.1. The number of benzene rings is 2. The van der Waals surface area contributed by atoms with E-state index < -0.39 is 9.84 Å². The first-order chi connectivity index (χ1) is 12.4. The Balaban J connectivity index is 1.65. The lowest BCUT2D eigenvalue weighted by Crippen LogP contribution is -2.39. The summed E-state index contributed by atoms with van der Waals surface area (Å²) in [4.78, 5) is 6.95. The summed E-state index contributed by atoms with van der Waals surface area (Å²) in [7, 11) is -3.01. The van der Waals surface area contributed by atoms with Crippen molar-refractivity contribution in [2.24, 2.45) is 4.99 Å². The van der Waals surface area contributed by atoms with Crippen molar-refractivity contribution in [3.8, 4) is 0 Å². The minimum Gasteiger partial charge on any atom is -0.315 e. The normalized spacial score (nSPS) is 23.8. The van der Waals surface area contributed by atoms with Crippen LogP contribution in [-0.4, -0.2) is 37.2 Å². The van der Waals surface area contributed by atoms with Crippen LogP contribution in [0.1, 0.15) is 16.7 Å². The highest BCUT2D eigenvalue weighted by molar-refractivity contribution is 8.13. The first kappa shape index (κ1) is 17.6. The molecule has 2 aromatic carbocycles. The van der Waals surface area contributed by atoms with Gasteiger partial charge in [0, 0.05) is 11.4 Å². The van der Waals surface area contributed by atoms with E-state index in [4.69, 9.17) is 4.99 Å². The van der Waals surface area contributed by atoms with Crippen LogP contribution in [-0.2, 0) is 15.6 Å². The van der Waals surface area contributed by atoms with Gasteiger partial charge in [0.1, 0.15) is 0 Å². The second-order valence-electron chi connectivity index (χ2n) is 7.04. The number of hydrogen-bond donors (Lipinski definition) is 0. The van der Waals surface area contributed by atoms with Gasteiger partial charge in [-0.1, -0.05) is 48.2 Å². The SMILES string of the molecule is Cc1ccc(N2C(SCc3ccccc3)=N[C@@H]3CS(=O)(=O)C[C@H]32)cc1C. The molecule has 0 radical (unpaired) electrons. The van der Waals surface area contributed by atoms with E-state index in [1.54, 1.807) is 11.8 Å². The number of rotatable bonds is 3. The minimum absolute atomic E-state index is 0.0830. The van der Waals surface area contributed by atoms with Gasteiger partial charge in [-0.15, -0.1) is 0 Å². The summed E-state index contributed by atoms with van der Waals surface area (Å²) in [5, 5.41) is 0.932. The first-order valence-corrected chi connectivity index (χ1v) is 11.5. The lowest BCUT2D eigenvalue weighted by atomic mass is 10.1. The molecule has 0 bridgehead atoms. The Kier molecular flexibility index (Phi) is 4.57. The highest BCUT2D eigenvalue weighted by Gasteiger charge is 2.47. The summed E-state index contributed by atoms with van der Waals surface area (Å²) in [5.41, 5.74) is 4.72. The Labute approximate surface area is 159 Å². The molecule has 136 valence electrons. The number of hydrogen-bond acceptors (Lipinski definition) is 5. The average Bonchev–Trinajstić information content (AvgIpc) is 3.07. The number of nitrogens with zero attached hydrogens (tertiary/aromatic N) is 2. The maximum Gasteiger partial charge on any atom is 0.164 e. The van der Waals surface area contributed by atoms with Crippen LogP contribution in [0, 0.1) is 13.8 Å². The molecule has 1 fully saturated rings. The third-order valence-electron chi connectivity index (χ3n) is 5.09. The highest BCUT2D eigenvalue weighted by atomic mass is 32.2. The van der Waals surface area contributed by atoms with Crippen LogP contribution >= 0.6 is 11.8 Å². The Morgan fingerprint density at radius 2 is 1.85 bits per heavy atom. The standard InChI is InChI=1S/C20H22N2O2S2/c1-14-8-9-17(10-15(14)2)22-19-13-26(23,24)12-18(19)21-20(22)25-11-16-6-4-3-5-7-16/h3-10,18-19H,11-13H2,1-2H3/t18-,19-/m1/s1. The maximum atomic E-state index is 12.1. The van der Waals surface area contributed by atoms with E-state index in [-0.39, 0.29) is 23.6 Å². The van der Waals surface area contributed by atoms with Crippen molar-refractivity contribution in [3.05, 3.63) is 65.2 Å². The molecular weight excluding hydrogens is 364 g/mol. The van der Waals surface area contributed by atoms with Crippen LogP contribution in [0.15, 0.2) is 53.5 Å². The zero-order valence-electron chi connectivity index (χ0n) is 14.9. The van der Waals surface area contributed by atoms with Gasteiger partial charge in [0.05, 0.1) is 23.6 Å². The number of fused-ring (bicyclic) bond motifs is 1. The summed E-state index contributed by atoms with van der Waals surface area (Å²) in [6.45, 7) is 4.18. The van der Waals surface area contributed by atoms with Gasteiger partial charge >= 0.3 is 0 Å². The molecule has 0 saturated carbocycles. The van der Waals surface area contributed by atoms with E-state index in [1.165, 1.54) is 16.7 Å². The van der Waals surface area contributed by atoms with E-state index in [2.05, 4.69) is 49.1 Å². The van der Waals surface area contributed by atoms with Crippen molar-refractivity contribution < 1.29 is 8.42 Å². The van der Waals surface area contributed by atoms with Crippen LogP contribution in [0.2, 0.25) is 0 Å². The number of sulfone groups is 1. The summed E-state index contributed by atoms with van der Waals surface area (Å²) in [5.74, 6) is 1.17. The number of thioether (sulfide) groups is 1. The monoisotopic (exact) mass is 386 g/mol. The summed E-state index contributed by atoms with van der Waals surface area (Å²) in [6.07, 6.45) is 0. The third kappa shape index (κ3) is 3.40. The average molecular weight is 387 g/mol. The second kappa shape index (κ2) is 6.74. The van der Waals surface area contributed by atoms with Gasteiger partial charge < -0.3 is 4.90 Å². The minimum atomic E-state index is -3.01. The van der Waals surface area contributed by atoms with Gasteiger partial charge in [-0.05, 0) is 42.7 Å². The molecule has 0 aliphatic carbocycles. The van der Waals surface area contributed by atoms with Crippen molar-refractivity contribution in [1.82, 2.24) is 0 Å². The lowest BCUT2D eigenvalue weighted by Gasteiger charge is -2.27. The van der Waals surface area contributed by atoms with Gasteiger partial charge in [0.15, 0.2) is 15.0 Å². The third-order valence-corrected chi connectivity index (χ3v) is 7.82. The molecule has 2 aliphatic rings. The van der Waals surface area contributed by atoms with Crippen molar-refractivity contribution in [2.45, 2.75) is 31.7 Å². The van der Waals surface area contributed by atoms with Crippen LogP contribution in [0.4, 0.5) is 5.69 Å². The number of amidine groups is 1. The molecule has 0 unspecified atom stereocenters. The van der Waals surface area contributed by atoms with Gasteiger partial charge in [0.2, 0.25) is 0 Å². The van der Waals surface area contributed by atoms with Crippen molar-refractivity contribution in [2.75, 3.05) is 16.4 Å². The molecule has 2 atom stereocenters. The Bertz CT molecular complexity index is 955. The molecule has 6 heteroatoms. The number of aryl methyl sites for hydroxylation is 2. The largest absolute Gasteiger partial charge is 0.315 e. The zero-order valence-corrected chi connectivity index (χ0v) is 16.6. The molecule has 0 spiro atoms. The van der Waals surface area contributed by atoms with Crippen LogP contribution in [0.5, 0.6) is 0 Å². The smallest absolute Gasteiger partial charge is 0.164 e. The Morgan fingerprint density at radius 3 is 2.58 bits per heavy atom. The molecule has 0 amide bonds. The summed E-state index contributed by atoms with van der Waals surface area (Å²) in [6, 6.07) is 16.4. The van der Waals surface area contributed by atoms with Crippen LogP contribution in [0.3, 0.4) is 0 Å². The predicted molar refractivity (Wildman–Crippen MR) is 110 cm³/mol. The zero-order chi connectivity index (χ0) is 18.3. The van der Waals surface area contributed by atoms with E-state index in [0.29, 0.717) is 0 Å². The Morgan fingerprint density at radius 1 is 1.08 bits per heavy atom. The lowest BCUT2D eigenvalue weighted by molar-refractivity contribution is 0.601. The molecule has 0 aromatic heterocycles. The van der Waals surface area contributed by atoms with E-state index >= 15 is 0 Å². The first-order valence-electron chi connectivity index (χ1n) is 8.74. The quantitative estimate of drug-likeness (QED) is 0.809.